The fraction of sp³-hybridized carbons (Fsp3) is 0.311. The first-order valence-electron chi connectivity index (χ1n) is 18.7. The van der Waals surface area contributed by atoms with E-state index in [1.807, 2.05) is 116 Å². The number of aliphatic hydroxyl groups is 1. The number of benzene rings is 5. The van der Waals surface area contributed by atoms with Gasteiger partial charge in [0.25, 0.3) is 11.8 Å². The van der Waals surface area contributed by atoms with Crippen LogP contribution in [0, 0.1) is 11.8 Å². The van der Waals surface area contributed by atoms with E-state index in [9.17, 15) is 19.5 Å². The third-order valence-electron chi connectivity index (χ3n) is 12.2. The molecule has 4 heterocycles. The Morgan fingerprint density at radius 3 is 2.39 bits per heavy atom. The Morgan fingerprint density at radius 2 is 1.61 bits per heavy atom. The highest BCUT2D eigenvalue weighted by atomic mass is 19.1. The van der Waals surface area contributed by atoms with Crippen molar-refractivity contribution >= 4 is 45.6 Å². The summed E-state index contributed by atoms with van der Waals surface area (Å²) in [6.45, 7) is 5.19. The molecular formula is C45H42FN3O5. The van der Waals surface area contributed by atoms with Crippen molar-refractivity contribution in [3.63, 3.8) is 0 Å². The van der Waals surface area contributed by atoms with E-state index in [0.717, 1.165) is 33.2 Å². The molecule has 4 aliphatic rings. The summed E-state index contributed by atoms with van der Waals surface area (Å²) in [5, 5.41) is 12.2. The van der Waals surface area contributed by atoms with E-state index in [2.05, 4.69) is 0 Å². The van der Waals surface area contributed by atoms with Crippen molar-refractivity contribution < 1.29 is 28.6 Å². The minimum absolute atomic E-state index is 0.104. The average molecular weight is 724 g/mol. The normalized spacial score (nSPS) is 24.5. The smallest absolute Gasteiger partial charge is 0.264 e. The fourth-order valence-electron chi connectivity index (χ4n) is 9.84. The van der Waals surface area contributed by atoms with Crippen molar-refractivity contribution in [3.8, 4) is 0 Å². The number of amides is 3. The van der Waals surface area contributed by atoms with Crippen LogP contribution in [-0.4, -0.2) is 52.1 Å². The molecule has 5 aromatic rings. The van der Waals surface area contributed by atoms with Crippen LogP contribution in [0.3, 0.4) is 0 Å². The third-order valence-corrected chi connectivity index (χ3v) is 12.2. The molecule has 1 spiro atoms. The summed E-state index contributed by atoms with van der Waals surface area (Å²) in [5.74, 6) is -2.04. The fourth-order valence-corrected chi connectivity index (χ4v) is 9.84. The molecule has 1 N–H and O–H groups in total. The second kappa shape index (κ2) is 12.6. The molecule has 1 saturated heterocycles. The Hall–Kier alpha value is -5.38. The van der Waals surface area contributed by atoms with E-state index < -0.39 is 35.3 Å². The highest BCUT2D eigenvalue weighted by molar-refractivity contribution is 6.27. The topological polar surface area (TPSA) is 90.4 Å². The quantitative estimate of drug-likeness (QED) is 0.187. The number of ether oxygens (including phenoxy) is 1. The van der Waals surface area contributed by atoms with Crippen molar-refractivity contribution in [1.82, 2.24) is 4.90 Å². The molecule has 0 aromatic heterocycles. The molecule has 0 unspecified atom stereocenters. The zero-order valence-electron chi connectivity index (χ0n) is 30.5. The predicted octanol–water partition coefficient (Wildman–Crippen LogP) is 7.61. The number of carbonyl (C=O) groups excluding carboxylic acids is 3. The van der Waals surface area contributed by atoms with Crippen molar-refractivity contribution in [2.45, 2.75) is 70.1 Å². The van der Waals surface area contributed by atoms with Crippen molar-refractivity contribution in [3.05, 3.63) is 137 Å². The Morgan fingerprint density at radius 1 is 0.907 bits per heavy atom. The minimum atomic E-state index is -1.78. The first-order chi connectivity index (χ1) is 26.0. The number of nitrogens with zero attached hydrogens (tertiary/aromatic N) is 3. The summed E-state index contributed by atoms with van der Waals surface area (Å²) >= 11 is 0. The van der Waals surface area contributed by atoms with Crippen LogP contribution < -0.4 is 9.80 Å². The summed E-state index contributed by atoms with van der Waals surface area (Å²) in [4.78, 5) is 48.0. The molecule has 3 amide bonds. The summed E-state index contributed by atoms with van der Waals surface area (Å²) < 4.78 is 23.3. The summed E-state index contributed by atoms with van der Waals surface area (Å²) in [6.07, 6.45) is -0.493. The molecule has 274 valence electrons. The Balaban J connectivity index is 1.03. The van der Waals surface area contributed by atoms with Crippen LogP contribution in [0.4, 0.5) is 21.5 Å². The summed E-state index contributed by atoms with van der Waals surface area (Å²) in [6, 6.07) is 34.3. The number of alkyl halides is 1. The Kier molecular flexibility index (Phi) is 8.03. The third kappa shape index (κ3) is 5.12. The highest BCUT2D eigenvalue weighted by Gasteiger charge is 2.66. The van der Waals surface area contributed by atoms with Gasteiger partial charge in [-0.2, -0.15) is 0 Å². The van der Waals surface area contributed by atoms with Crippen LogP contribution in [-0.2, 0) is 39.4 Å². The first kappa shape index (κ1) is 34.4. The number of para-hydroxylation sites is 1. The number of hydrogen-bond acceptors (Lipinski definition) is 5. The minimum Gasteiger partial charge on any atom is -0.394 e. The summed E-state index contributed by atoms with van der Waals surface area (Å²) in [7, 11) is 0. The standard InChI is InChI=1S/C45H42FN3O5/c1-27-41(44(2,3)46)38(23-39(51)47-25-31-13-5-4-12-30(31)22-33(47)26-50)54-45(27)35-18-6-7-19-36(35)48(43(45)53)24-28-11-8-16-32(21-28)49-37-20-10-15-29-14-9-17-34(40(29)37)42(49)52/h4-21,27,33,38,41,50H,22-26H2,1-3H3/t27-,33-,38+,41-,45+/m0/s1. The number of carbonyl (C=O) groups is 3. The first-order valence-corrected chi connectivity index (χ1v) is 18.7. The molecule has 0 aliphatic carbocycles. The van der Waals surface area contributed by atoms with Crippen molar-refractivity contribution in [1.29, 1.82) is 0 Å². The molecule has 9 heteroatoms. The van der Waals surface area contributed by atoms with E-state index in [0.29, 0.717) is 35.5 Å². The van der Waals surface area contributed by atoms with Gasteiger partial charge in [0.2, 0.25) is 5.91 Å². The zero-order valence-corrected chi connectivity index (χ0v) is 30.5. The van der Waals surface area contributed by atoms with Gasteiger partial charge in [0.1, 0.15) is 5.67 Å². The molecule has 1 fully saturated rings. The second-order valence-corrected chi connectivity index (χ2v) is 15.7. The van der Waals surface area contributed by atoms with Gasteiger partial charge in [-0.3, -0.25) is 19.3 Å². The van der Waals surface area contributed by atoms with E-state index in [1.165, 1.54) is 13.8 Å². The Bertz CT molecular complexity index is 2350. The van der Waals surface area contributed by atoms with Crippen molar-refractivity contribution in [2.24, 2.45) is 11.8 Å². The highest BCUT2D eigenvalue weighted by Crippen LogP contribution is 2.58. The van der Waals surface area contributed by atoms with Gasteiger partial charge in [-0.15, -0.1) is 0 Å². The molecule has 5 atom stereocenters. The summed E-state index contributed by atoms with van der Waals surface area (Å²) in [5.41, 5.74) is 3.13. The number of hydrogen-bond donors (Lipinski definition) is 1. The molecule has 54 heavy (non-hydrogen) atoms. The van der Waals surface area contributed by atoms with Crippen LogP contribution >= 0.6 is 0 Å². The van der Waals surface area contributed by atoms with Crippen LogP contribution in [0.25, 0.3) is 10.8 Å². The van der Waals surface area contributed by atoms with E-state index >= 15 is 4.39 Å². The molecule has 0 radical (unpaired) electrons. The van der Waals surface area contributed by atoms with Gasteiger partial charge in [-0.1, -0.05) is 85.8 Å². The zero-order chi connectivity index (χ0) is 37.5. The van der Waals surface area contributed by atoms with Crippen LogP contribution in [0.2, 0.25) is 0 Å². The average Bonchev–Trinajstić information content (AvgIpc) is 3.72. The molecule has 0 bridgehead atoms. The van der Waals surface area contributed by atoms with Gasteiger partial charge >= 0.3 is 0 Å². The van der Waals surface area contributed by atoms with Crippen LogP contribution in [0.5, 0.6) is 0 Å². The molecular weight excluding hydrogens is 682 g/mol. The number of fused-ring (bicyclic) bond motifs is 3. The molecule has 9 rings (SSSR count). The van der Waals surface area contributed by atoms with Crippen LogP contribution in [0.15, 0.2) is 109 Å². The van der Waals surface area contributed by atoms with E-state index in [1.54, 1.807) is 14.7 Å². The van der Waals surface area contributed by atoms with Gasteiger partial charge in [0.05, 0.1) is 48.7 Å². The lowest BCUT2D eigenvalue weighted by Gasteiger charge is -2.37. The lowest BCUT2D eigenvalue weighted by molar-refractivity contribution is -0.151. The lowest BCUT2D eigenvalue weighted by Crippen LogP contribution is -2.48. The second-order valence-electron chi connectivity index (χ2n) is 15.7. The van der Waals surface area contributed by atoms with E-state index in [-0.39, 0.29) is 37.3 Å². The number of rotatable bonds is 7. The maximum absolute atomic E-state index is 16.4. The molecule has 0 saturated carbocycles. The monoisotopic (exact) mass is 723 g/mol. The van der Waals surface area contributed by atoms with Gasteiger partial charge in [-0.25, -0.2) is 4.39 Å². The predicted molar refractivity (Wildman–Crippen MR) is 205 cm³/mol. The van der Waals surface area contributed by atoms with Crippen molar-refractivity contribution in [2.75, 3.05) is 16.4 Å². The number of halogens is 1. The molecule has 4 aliphatic heterocycles. The van der Waals surface area contributed by atoms with Gasteiger partial charge in [0.15, 0.2) is 5.60 Å². The SMILES string of the molecule is C[C@H]1[C@H](C(C)(C)F)[C@@H](CC(=O)N2Cc3ccccc3C[C@H]2CO)O[C@]12C(=O)N(Cc1cccc(N3C(=O)c4cccc5cccc3c45)c1)c1ccccc12. The lowest BCUT2D eigenvalue weighted by atomic mass is 9.71. The molecule has 8 nitrogen and oxygen atoms in total. The van der Waals surface area contributed by atoms with Gasteiger partial charge in [-0.05, 0) is 72.7 Å². The maximum Gasteiger partial charge on any atom is 0.264 e. The number of anilines is 3. The largest absolute Gasteiger partial charge is 0.394 e. The van der Waals surface area contributed by atoms with E-state index in [4.69, 9.17) is 4.74 Å². The number of aliphatic hydroxyl groups excluding tert-OH is 1. The maximum atomic E-state index is 16.4. The Labute approximate surface area is 313 Å². The molecule has 5 aromatic carbocycles. The van der Waals surface area contributed by atoms with Crippen LogP contribution in [0.1, 0.15) is 59.8 Å². The van der Waals surface area contributed by atoms with Gasteiger partial charge < -0.3 is 19.6 Å². The van der Waals surface area contributed by atoms with Gasteiger partial charge in [0, 0.05) is 35.0 Å².